The van der Waals surface area contributed by atoms with Crippen LogP contribution in [0.1, 0.15) is 44.4 Å². The van der Waals surface area contributed by atoms with Crippen LogP contribution >= 0.6 is 0 Å². The van der Waals surface area contributed by atoms with Gasteiger partial charge in [0.05, 0.1) is 0 Å². The van der Waals surface area contributed by atoms with Crippen molar-refractivity contribution in [2.45, 2.75) is 48.0 Å². The minimum absolute atomic E-state index is 0.668. The van der Waals surface area contributed by atoms with E-state index >= 15 is 0 Å². The molecule has 0 atom stereocenters. The second kappa shape index (κ2) is 8.51. The van der Waals surface area contributed by atoms with E-state index < -0.39 is 0 Å². The Bertz CT molecular complexity index is 535. The molecule has 2 aromatic rings. The standard InChI is InChI=1S/C18H23N.C2H6/c1-13(2)12-16-10-5-6-11-17(16)19-18-14(3)8-7-9-15(18)4;1-2/h5-11,13,19H,12H2,1-4H3;1-2H3. The minimum Gasteiger partial charge on any atom is -0.355 e. The van der Waals surface area contributed by atoms with Gasteiger partial charge in [0.2, 0.25) is 0 Å². The van der Waals surface area contributed by atoms with E-state index in [0.29, 0.717) is 5.92 Å². The maximum absolute atomic E-state index is 3.61. The van der Waals surface area contributed by atoms with Crippen LogP contribution in [0.15, 0.2) is 42.5 Å². The third kappa shape index (κ3) is 4.93. The number of rotatable bonds is 4. The first-order chi connectivity index (χ1) is 10.1. The Balaban J connectivity index is 0.00000106. The van der Waals surface area contributed by atoms with Crippen LogP contribution in [-0.4, -0.2) is 0 Å². The summed E-state index contributed by atoms with van der Waals surface area (Å²) in [5.41, 5.74) is 6.44. The maximum atomic E-state index is 3.61. The average molecular weight is 283 g/mol. The second-order valence-electron chi connectivity index (χ2n) is 5.65. The summed E-state index contributed by atoms with van der Waals surface area (Å²) in [7, 11) is 0. The highest BCUT2D eigenvalue weighted by molar-refractivity contribution is 5.68. The molecule has 0 saturated carbocycles. The summed E-state index contributed by atoms with van der Waals surface area (Å²) in [4.78, 5) is 0. The molecule has 0 aliphatic carbocycles. The molecule has 0 heterocycles. The van der Waals surface area contributed by atoms with Crippen molar-refractivity contribution in [1.82, 2.24) is 0 Å². The van der Waals surface area contributed by atoms with Gasteiger partial charge in [0, 0.05) is 11.4 Å². The molecule has 2 rings (SSSR count). The van der Waals surface area contributed by atoms with E-state index in [9.17, 15) is 0 Å². The van der Waals surface area contributed by atoms with Crippen molar-refractivity contribution in [2.24, 2.45) is 5.92 Å². The zero-order chi connectivity index (χ0) is 15.8. The number of benzene rings is 2. The van der Waals surface area contributed by atoms with Crippen LogP contribution in [0, 0.1) is 19.8 Å². The zero-order valence-corrected chi connectivity index (χ0v) is 14.3. The maximum Gasteiger partial charge on any atom is 0.0443 e. The summed E-state index contributed by atoms with van der Waals surface area (Å²) in [6.45, 7) is 12.8. The normalized spacial score (nSPS) is 10.0. The average Bonchev–Trinajstić information content (AvgIpc) is 2.46. The largest absolute Gasteiger partial charge is 0.355 e. The van der Waals surface area contributed by atoms with Crippen LogP contribution in [0.25, 0.3) is 0 Å². The Hall–Kier alpha value is -1.76. The highest BCUT2D eigenvalue weighted by Gasteiger charge is 2.07. The Kier molecular flexibility index (Phi) is 7.01. The summed E-state index contributed by atoms with van der Waals surface area (Å²) in [5.74, 6) is 0.668. The van der Waals surface area contributed by atoms with Gasteiger partial charge >= 0.3 is 0 Å². The first-order valence-corrected chi connectivity index (χ1v) is 7.99. The lowest BCUT2D eigenvalue weighted by atomic mass is 10.0. The lowest BCUT2D eigenvalue weighted by Gasteiger charge is -2.17. The third-order valence-electron chi connectivity index (χ3n) is 3.39. The number of anilines is 2. The molecule has 114 valence electrons. The van der Waals surface area contributed by atoms with Gasteiger partial charge in [0.25, 0.3) is 0 Å². The number of para-hydroxylation sites is 2. The van der Waals surface area contributed by atoms with E-state index in [1.54, 1.807) is 0 Å². The van der Waals surface area contributed by atoms with Crippen molar-refractivity contribution in [3.8, 4) is 0 Å². The van der Waals surface area contributed by atoms with Crippen molar-refractivity contribution in [2.75, 3.05) is 5.32 Å². The molecular weight excluding hydrogens is 254 g/mol. The molecule has 1 N–H and O–H groups in total. The minimum atomic E-state index is 0.668. The highest BCUT2D eigenvalue weighted by atomic mass is 14.9. The molecule has 0 saturated heterocycles. The topological polar surface area (TPSA) is 12.0 Å². The van der Waals surface area contributed by atoms with E-state index in [0.717, 1.165) is 6.42 Å². The number of hydrogen-bond acceptors (Lipinski definition) is 1. The molecule has 0 spiro atoms. The highest BCUT2D eigenvalue weighted by Crippen LogP contribution is 2.27. The first-order valence-electron chi connectivity index (χ1n) is 7.99. The van der Waals surface area contributed by atoms with Gasteiger partial charge in [-0.15, -0.1) is 0 Å². The van der Waals surface area contributed by atoms with Gasteiger partial charge in [-0.3, -0.25) is 0 Å². The summed E-state index contributed by atoms with van der Waals surface area (Å²) in [6.07, 6.45) is 1.11. The first kappa shape index (κ1) is 17.3. The van der Waals surface area contributed by atoms with Crippen LogP contribution in [0.3, 0.4) is 0 Å². The van der Waals surface area contributed by atoms with E-state index in [1.165, 1.54) is 28.1 Å². The molecule has 0 unspecified atom stereocenters. The molecule has 1 heteroatoms. The number of hydrogen-bond donors (Lipinski definition) is 1. The van der Waals surface area contributed by atoms with Crippen LogP contribution in [0.4, 0.5) is 11.4 Å². The van der Waals surface area contributed by atoms with Crippen LogP contribution in [-0.2, 0) is 6.42 Å². The molecule has 0 radical (unpaired) electrons. The Labute approximate surface area is 130 Å². The van der Waals surface area contributed by atoms with Crippen molar-refractivity contribution < 1.29 is 0 Å². The third-order valence-corrected chi connectivity index (χ3v) is 3.39. The molecule has 0 aliphatic rings. The molecule has 0 aromatic heterocycles. The number of nitrogens with one attached hydrogen (secondary N) is 1. The van der Waals surface area contributed by atoms with Crippen molar-refractivity contribution in [3.05, 3.63) is 59.2 Å². The molecule has 2 aromatic carbocycles. The van der Waals surface area contributed by atoms with E-state index in [1.807, 2.05) is 13.8 Å². The molecule has 0 amide bonds. The fraction of sp³-hybridized carbons (Fsp3) is 0.400. The summed E-state index contributed by atoms with van der Waals surface area (Å²) in [5, 5.41) is 3.61. The van der Waals surface area contributed by atoms with Gasteiger partial charge in [0.1, 0.15) is 0 Å². The predicted molar refractivity (Wildman–Crippen MR) is 95.5 cm³/mol. The van der Waals surface area contributed by atoms with Gasteiger partial charge in [-0.2, -0.15) is 0 Å². The Morgan fingerprint density at radius 3 is 2.00 bits per heavy atom. The van der Waals surface area contributed by atoms with Crippen molar-refractivity contribution >= 4 is 11.4 Å². The Morgan fingerprint density at radius 2 is 1.43 bits per heavy atom. The van der Waals surface area contributed by atoms with E-state index in [4.69, 9.17) is 0 Å². The van der Waals surface area contributed by atoms with E-state index in [2.05, 4.69) is 75.5 Å². The van der Waals surface area contributed by atoms with Gasteiger partial charge in [-0.05, 0) is 48.9 Å². The summed E-state index contributed by atoms with van der Waals surface area (Å²) < 4.78 is 0. The summed E-state index contributed by atoms with van der Waals surface area (Å²) >= 11 is 0. The fourth-order valence-corrected chi connectivity index (χ4v) is 2.41. The van der Waals surface area contributed by atoms with Gasteiger partial charge in [-0.25, -0.2) is 0 Å². The molecular formula is C20H29N. The summed E-state index contributed by atoms with van der Waals surface area (Å²) in [6, 6.07) is 15.0. The fourth-order valence-electron chi connectivity index (χ4n) is 2.41. The SMILES string of the molecule is CC.Cc1cccc(C)c1Nc1ccccc1CC(C)C. The molecule has 21 heavy (non-hydrogen) atoms. The van der Waals surface area contributed by atoms with Crippen molar-refractivity contribution in [3.63, 3.8) is 0 Å². The molecule has 1 nitrogen and oxygen atoms in total. The second-order valence-corrected chi connectivity index (χ2v) is 5.65. The van der Waals surface area contributed by atoms with Gasteiger partial charge < -0.3 is 5.32 Å². The monoisotopic (exact) mass is 283 g/mol. The molecule has 0 bridgehead atoms. The van der Waals surface area contributed by atoms with Gasteiger partial charge in [-0.1, -0.05) is 64.1 Å². The zero-order valence-electron chi connectivity index (χ0n) is 14.3. The lowest BCUT2D eigenvalue weighted by Crippen LogP contribution is -2.02. The van der Waals surface area contributed by atoms with Crippen LogP contribution in [0.5, 0.6) is 0 Å². The van der Waals surface area contributed by atoms with Crippen LogP contribution in [0.2, 0.25) is 0 Å². The Morgan fingerprint density at radius 1 is 0.857 bits per heavy atom. The lowest BCUT2D eigenvalue weighted by molar-refractivity contribution is 0.648. The predicted octanol–water partition coefficient (Wildman–Crippen LogP) is 6.27. The number of aryl methyl sites for hydroxylation is 2. The smallest absolute Gasteiger partial charge is 0.0443 e. The van der Waals surface area contributed by atoms with Crippen LogP contribution < -0.4 is 5.32 Å². The van der Waals surface area contributed by atoms with E-state index in [-0.39, 0.29) is 0 Å². The molecule has 0 aliphatic heterocycles. The molecule has 0 fully saturated rings. The van der Waals surface area contributed by atoms with Gasteiger partial charge in [0.15, 0.2) is 0 Å². The quantitative estimate of drug-likeness (QED) is 0.697. The van der Waals surface area contributed by atoms with Crippen molar-refractivity contribution in [1.29, 1.82) is 0 Å².